The zero-order chi connectivity index (χ0) is 29.4. The van der Waals surface area contributed by atoms with Gasteiger partial charge in [0.2, 0.25) is 0 Å². The van der Waals surface area contributed by atoms with Gasteiger partial charge in [0.15, 0.2) is 4.80 Å². The van der Waals surface area contributed by atoms with Crippen molar-refractivity contribution in [1.82, 2.24) is 4.57 Å². The normalized spacial score (nSPS) is 15.0. The highest BCUT2D eigenvalue weighted by molar-refractivity contribution is 7.07. The number of benzene rings is 2. The van der Waals surface area contributed by atoms with E-state index in [1.165, 1.54) is 16.7 Å². The Kier molecular flexibility index (Phi) is 7.65. The Bertz CT molecular complexity index is 1880. The number of ether oxygens (including phenoxy) is 1. The predicted octanol–water partition coefficient (Wildman–Crippen LogP) is 4.69. The summed E-state index contributed by atoms with van der Waals surface area (Å²) in [6, 6.07) is 14.4. The predicted molar refractivity (Wildman–Crippen MR) is 157 cm³/mol. The Morgan fingerprint density at radius 3 is 2.61 bits per heavy atom. The molecule has 0 saturated carbocycles. The lowest BCUT2D eigenvalue weighted by atomic mass is 9.95. The number of aromatic nitrogens is 1. The average molecular weight is 593 g/mol. The van der Waals surface area contributed by atoms with Crippen LogP contribution >= 0.6 is 22.9 Å². The molecule has 41 heavy (non-hydrogen) atoms. The first-order valence-electron chi connectivity index (χ1n) is 12.6. The van der Waals surface area contributed by atoms with Crippen LogP contribution in [0.15, 0.2) is 80.1 Å². The van der Waals surface area contributed by atoms with E-state index < -0.39 is 16.9 Å². The third-order valence-corrected chi connectivity index (χ3v) is 7.78. The molecule has 5 rings (SSSR count). The maximum Gasteiger partial charge on any atom is 0.338 e. The topological polar surface area (TPSA) is 120 Å². The van der Waals surface area contributed by atoms with E-state index in [-0.39, 0.29) is 34.2 Å². The minimum absolute atomic E-state index is 0.179. The number of hydrogen-bond donors (Lipinski definition) is 0. The quantitative estimate of drug-likeness (QED) is 0.173. The number of furan rings is 1. The highest BCUT2D eigenvalue weighted by Gasteiger charge is 2.33. The molecule has 1 atom stereocenters. The molecule has 1 aliphatic rings. The molecular formula is C29H25ClN4O6S. The van der Waals surface area contributed by atoms with Crippen molar-refractivity contribution in [3.05, 3.63) is 112 Å². The zero-order valence-corrected chi connectivity index (χ0v) is 24.2. The SMILES string of the molecule is CCOC(=O)C1=C(C)N=c2s/c(=C/c3ccc(-c4ccc(Cl)cc4[N+](=O)[O-])o3)c(=O)n2[C@@H]1c1ccc(N(C)C)cc1. The van der Waals surface area contributed by atoms with Gasteiger partial charge in [0.05, 0.1) is 38.9 Å². The molecule has 1 aliphatic heterocycles. The second-order valence-corrected chi connectivity index (χ2v) is 10.9. The van der Waals surface area contributed by atoms with Crippen molar-refractivity contribution in [2.24, 2.45) is 4.99 Å². The first-order chi connectivity index (χ1) is 19.6. The van der Waals surface area contributed by atoms with E-state index >= 15 is 0 Å². The number of esters is 1. The van der Waals surface area contributed by atoms with Crippen LogP contribution in [0.4, 0.5) is 11.4 Å². The number of rotatable bonds is 7. The van der Waals surface area contributed by atoms with Crippen LogP contribution in [0.3, 0.4) is 0 Å². The Hall–Kier alpha value is -4.48. The second-order valence-electron chi connectivity index (χ2n) is 9.41. The van der Waals surface area contributed by atoms with Crippen molar-refractivity contribution in [3.8, 4) is 11.3 Å². The highest BCUT2D eigenvalue weighted by atomic mass is 35.5. The summed E-state index contributed by atoms with van der Waals surface area (Å²) in [6.07, 6.45) is 1.56. The van der Waals surface area contributed by atoms with Gasteiger partial charge in [0.1, 0.15) is 11.5 Å². The molecule has 10 nitrogen and oxygen atoms in total. The summed E-state index contributed by atoms with van der Waals surface area (Å²) in [4.78, 5) is 44.9. The van der Waals surface area contributed by atoms with Gasteiger partial charge in [-0.05, 0) is 55.8 Å². The summed E-state index contributed by atoms with van der Waals surface area (Å²) in [5.74, 6) is 0.0411. The Labute approximate surface area is 243 Å². The molecule has 12 heteroatoms. The van der Waals surface area contributed by atoms with Crippen LogP contribution in [-0.4, -0.2) is 36.2 Å². The molecule has 2 aromatic heterocycles. The van der Waals surface area contributed by atoms with Crippen LogP contribution in [0, 0.1) is 10.1 Å². The first kappa shape index (κ1) is 28.1. The number of anilines is 1. The molecular weight excluding hydrogens is 568 g/mol. The third kappa shape index (κ3) is 5.33. The number of thiazole rings is 1. The van der Waals surface area contributed by atoms with E-state index in [1.54, 1.807) is 38.1 Å². The van der Waals surface area contributed by atoms with Crippen LogP contribution in [0.1, 0.15) is 31.2 Å². The Balaban J connectivity index is 1.63. The summed E-state index contributed by atoms with van der Waals surface area (Å²) < 4.78 is 13.0. The molecule has 0 aliphatic carbocycles. The maximum absolute atomic E-state index is 13.8. The number of carbonyl (C=O) groups excluding carboxylic acids is 1. The summed E-state index contributed by atoms with van der Waals surface area (Å²) in [5, 5.41) is 11.8. The lowest BCUT2D eigenvalue weighted by Crippen LogP contribution is -2.39. The van der Waals surface area contributed by atoms with Crippen molar-refractivity contribution in [2.75, 3.05) is 25.6 Å². The van der Waals surface area contributed by atoms with Crippen LogP contribution in [0.5, 0.6) is 0 Å². The molecule has 0 fully saturated rings. The minimum atomic E-state index is -0.743. The molecule has 0 N–H and O–H groups in total. The second kappa shape index (κ2) is 11.2. The largest absolute Gasteiger partial charge is 0.463 e. The molecule has 3 heterocycles. The van der Waals surface area contributed by atoms with Gasteiger partial charge >= 0.3 is 5.97 Å². The molecule has 0 unspecified atom stereocenters. The summed E-state index contributed by atoms with van der Waals surface area (Å²) in [5.41, 5.74) is 2.16. The van der Waals surface area contributed by atoms with Crippen LogP contribution < -0.4 is 19.8 Å². The molecule has 4 aromatic rings. The first-order valence-corrected chi connectivity index (χ1v) is 13.8. The molecule has 0 saturated heterocycles. The van der Waals surface area contributed by atoms with E-state index in [9.17, 15) is 19.7 Å². The van der Waals surface area contributed by atoms with Gasteiger partial charge in [0, 0.05) is 36.9 Å². The van der Waals surface area contributed by atoms with Crippen LogP contribution in [0.2, 0.25) is 5.02 Å². The van der Waals surface area contributed by atoms with Crippen molar-refractivity contribution >= 4 is 46.4 Å². The van der Waals surface area contributed by atoms with Crippen molar-refractivity contribution in [3.63, 3.8) is 0 Å². The number of fused-ring (bicyclic) bond motifs is 1. The molecule has 0 bridgehead atoms. The lowest BCUT2D eigenvalue weighted by molar-refractivity contribution is -0.384. The molecule has 210 valence electrons. The van der Waals surface area contributed by atoms with E-state index in [0.717, 1.165) is 22.6 Å². The fourth-order valence-electron chi connectivity index (χ4n) is 4.63. The van der Waals surface area contributed by atoms with Gasteiger partial charge in [-0.3, -0.25) is 19.5 Å². The molecule has 0 radical (unpaired) electrons. The number of nitrogens with zero attached hydrogens (tertiary/aromatic N) is 4. The summed E-state index contributed by atoms with van der Waals surface area (Å²) >= 11 is 7.10. The Morgan fingerprint density at radius 1 is 1.22 bits per heavy atom. The standard InChI is InChI=1S/C29H25ClN4O6S/c1-5-39-28(36)25-16(2)31-29-33(26(25)17-6-9-19(10-7-17)32(3)4)27(35)24(41-29)15-20-11-13-23(40-20)21-12-8-18(30)14-22(21)34(37)38/h6-15,26H,5H2,1-4H3/b24-15+/t26-/m1/s1. The van der Waals surface area contributed by atoms with Crippen molar-refractivity contribution in [2.45, 2.75) is 19.9 Å². The zero-order valence-electron chi connectivity index (χ0n) is 22.6. The van der Waals surface area contributed by atoms with Gasteiger partial charge in [-0.1, -0.05) is 35.1 Å². The Morgan fingerprint density at radius 2 is 1.95 bits per heavy atom. The molecule has 0 amide bonds. The van der Waals surface area contributed by atoms with Gasteiger partial charge in [-0.25, -0.2) is 9.79 Å². The molecule has 0 spiro atoms. The van der Waals surface area contributed by atoms with E-state index in [0.29, 0.717) is 26.4 Å². The fraction of sp³-hybridized carbons (Fsp3) is 0.207. The monoisotopic (exact) mass is 592 g/mol. The van der Waals surface area contributed by atoms with Crippen molar-refractivity contribution < 1.29 is 18.9 Å². The van der Waals surface area contributed by atoms with E-state index in [4.69, 9.17) is 20.8 Å². The fourth-order valence-corrected chi connectivity index (χ4v) is 5.82. The smallest absolute Gasteiger partial charge is 0.338 e. The number of nitro benzene ring substituents is 1. The van der Waals surface area contributed by atoms with Crippen molar-refractivity contribution in [1.29, 1.82) is 0 Å². The average Bonchev–Trinajstić information content (AvgIpc) is 3.52. The highest BCUT2D eigenvalue weighted by Crippen LogP contribution is 2.34. The number of carbonyl (C=O) groups is 1. The lowest BCUT2D eigenvalue weighted by Gasteiger charge is -2.25. The summed E-state index contributed by atoms with van der Waals surface area (Å²) in [7, 11) is 3.86. The number of halogens is 1. The van der Waals surface area contributed by atoms with Gasteiger partial charge < -0.3 is 14.1 Å². The summed E-state index contributed by atoms with van der Waals surface area (Å²) in [6.45, 7) is 3.63. The van der Waals surface area contributed by atoms with Gasteiger partial charge in [0.25, 0.3) is 11.2 Å². The maximum atomic E-state index is 13.8. The molecule has 2 aromatic carbocycles. The van der Waals surface area contributed by atoms with Crippen LogP contribution in [0.25, 0.3) is 17.4 Å². The van der Waals surface area contributed by atoms with Gasteiger partial charge in [-0.2, -0.15) is 0 Å². The number of allylic oxidation sites excluding steroid dienone is 1. The third-order valence-electron chi connectivity index (χ3n) is 6.56. The van der Waals surface area contributed by atoms with E-state index in [2.05, 4.69) is 4.99 Å². The van der Waals surface area contributed by atoms with Crippen LogP contribution in [-0.2, 0) is 9.53 Å². The van der Waals surface area contributed by atoms with E-state index in [1.807, 2.05) is 43.3 Å². The number of nitro groups is 1. The minimum Gasteiger partial charge on any atom is -0.463 e. The van der Waals surface area contributed by atoms with Gasteiger partial charge in [-0.15, -0.1) is 0 Å². The number of hydrogen-bond acceptors (Lipinski definition) is 9.